The second-order valence-corrected chi connectivity index (χ2v) is 9.43. The van der Waals surface area contributed by atoms with Gasteiger partial charge in [-0.25, -0.2) is 8.78 Å². The van der Waals surface area contributed by atoms with Crippen LogP contribution in [0.1, 0.15) is 61.3 Å². The second kappa shape index (κ2) is 10.3. The summed E-state index contributed by atoms with van der Waals surface area (Å²) in [6.45, 7) is 2.46. The van der Waals surface area contributed by atoms with Crippen molar-refractivity contribution in [1.82, 2.24) is 0 Å². The first-order valence-electron chi connectivity index (χ1n) is 12.3. The Hall–Kier alpha value is -3.38. The number of hydrogen-bond donors (Lipinski definition) is 0. The van der Waals surface area contributed by atoms with Gasteiger partial charge in [-0.15, -0.1) is 0 Å². The summed E-state index contributed by atoms with van der Waals surface area (Å²) in [5.41, 5.74) is 3.09. The van der Waals surface area contributed by atoms with Crippen LogP contribution in [-0.2, 0) is 9.53 Å². The number of ether oxygens (including phenoxy) is 2. The van der Waals surface area contributed by atoms with Crippen LogP contribution in [0.5, 0.6) is 5.75 Å². The lowest BCUT2D eigenvalue weighted by Gasteiger charge is -2.27. The van der Waals surface area contributed by atoms with Gasteiger partial charge in [-0.3, -0.25) is 4.79 Å². The quantitative estimate of drug-likeness (QED) is 0.201. The van der Waals surface area contributed by atoms with Crippen LogP contribution in [0.2, 0.25) is 0 Å². The van der Waals surface area contributed by atoms with Crippen LogP contribution in [0.4, 0.5) is 13.2 Å². The minimum Gasteiger partial charge on any atom is -0.423 e. The number of rotatable bonds is 6. The van der Waals surface area contributed by atoms with Crippen molar-refractivity contribution in [3.8, 4) is 16.9 Å². The Morgan fingerprint density at radius 2 is 1.67 bits per heavy atom. The average Bonchev–Trinajstić information content (AvgIpc) is 3.73. The number of benzene rings is 3. The molecule has 6 heteroatoms. The molecule has 0 N–H and O–H groups in total. The molecule has 1 atom stereocenters. The largest absolute Gasteiger partial charge is 0.423 e. The average molecular weight is 493 g/mol. The Balaban J connectivity index is 1.21. The van der Waals surface area contributed by atoms with Crippen molar-refractivity contribution in [2.24, 2.45) is 5.92 Å². The third-order valence-corrected chi connectivity index (χ3v) is 7.07. The molecule has 36 heavy (non-hydrogen) atoms. The summed E-state index contributed by atoms with van der Waals surface area (Å²) in [4.78, 5) is 12.7. The fourth-order valence-corrected chi connectivity index (χ4v) is 4.94. The smallest absolute Gasteiger partial charge is 0.314 e. The number of halogens is 3. The Morgan fingerprint density at radius 3 is 2.31 bits per heavy atom. The maximum absolute atomic E-state index is 14.8. The number of epoxide rings is 1. The van der Waals surface area contributed by atoms with Crippen molar-refractivity contribution in [2.75, 3.05) is 6.61 Å². The fraction of sp³-hybridized carbons (Fsp3) is 0.300. The lowest BCUT2D eigenvalue weighted by atomic mass is 9.78. The zero-order valence-electron chi connectivity index (χ0n) is 20.0. The molecule has 1 saturated carbocycles. The van der Waals surface area contributed by atoms with Gasteiger partial charge in [-0.2, -0.15) is 4.39 Å². The molecule has 0 bridgehead atoms. The van der Waals surface area contributed by atoms with Gasteiger partial charge in [0.25, 0.3) is 0 Å². The van der Waals surface area contributed by atoms with Gasteiger partial charge >= 0.3 is 5.97 Å². The van der Waals surface area contributed by atoms with Crippen molar-refractivity contribution in [3.05, 3.63) is 94.8 Å². The standard InChI is InChI=1S/C30H27F3O3/c1-2-3-18-4-6-20(7-5-18)23-14-15-26(29(33)28(23)32)36-30(34)21-10-8-19(9-11-21)22-12-13-24(25(31)16-22)27-17-35-27/h2-7,12-16,19,21,27H,8-11,17H2,1H3/b3-2+. The van der Waals surface area contributed by atoms with Gasteiger partial charge in [0.2, 0.25) is 5.82 Å². The minimum absolute atomic E-state index is 0.103. The predicted molar refractivity (Wildman–Crippen MR) is 132 cm³/mol. The Morgan fingerprint density at radius 1 is 0.944 bits per heavy atom. The van der Waals surface area contributed by atoms with Crippen LogP contribution in [-0.4, -0.2) is 12.6 Å². The number of carbonyl (C=O) groups is 1. The molecule has 3 aromatic rings. The molecule has 0 amide bonds. The highest BCUT2D eigenvalue weighted by molar-refractivity contribution is 5.76. The summed E-state index contributed by atoms with van der Waals surface area (Å²) >= 11 is 0. The van der Waals surface area contributed by atoms with Gasteiger partial charge in [0, 0.05) is 11.1 Å². The lowest BCUT2D eigenvalue weighted by Crippen LogP contribution is -2.25. The molecule has 0 spiro atoms. The lowest BCUT2D eigenvalue weighted by molar-refractivity contribution is -0.140. The normalized spacial score (nSPS) is 21.5. The fourth-order valence-electron chi connectivity index (χ4n) is 4.94. The monoisotopic (exact) mass is 492 g/mol. The molecule has 1 aliphatic carbocycles. The van der Waals surface area contributed by atoms with Crippen LogP contribution in [0.25, 0.3) is 17.2 Å². The van der Waals surface area contributed by atoms with Gasteiger partial charge in [0.15, 0.2) is 11.6 Å². The molecule has 1 unspecified atom stereocenters. The topological polar surface area (TPSA) is 38.8 Å². The third-order valence-electron chi connectivity index (χ3n) is 7.07. The number of hydrogen-bond acceptors (Lipinski definition) is 3. The molecule has 2 fully saturated rings. The van der Waals surface area contributed by atoms with Gasteiger partial charge < -0.3 is 9.47 Å². The van der Waals surface area contributed by atoms with Crippen LogP contribution >= 0.6 is 0 Å². The van der Waals surface area contributed by atoms with E-state index in [0.29, 0.717) is 43.4 Å². The van der Waals surface area contributed by atoms with Gasteiger partial charge in [0.05, 0.1) is 12.5 Å². The maximum Gasteiger partial charge on any atom is 0.314 e. The van der Waals surface area contributed by atoms with Gasteiger partial charge in [0.1, 0.15) is 11.9 Å². The Bertz CT molecular complexity index is 1290. The molecule has 1 heterocycles. The van der Waals surface area contributed by atoms with E-state index in [2.05, 4.69) is 0 Å². The molecule has 3 aromatic carbocycles. The third kappa shape index (κ3) is 5.09. The summed E-state index contributed by atoms with van der Waals surface area (Å²) < 4.78 is 54.4. The van der Waals surface area contributed by atoms with E-state index >= 15 is 0 Å². The van der Waals surface area contributed by atoms with E-state index in [0.717, 1.165) is 11.1 Å². The summed E-state index contributed by atoms with van der Waals surface area (Å²) in [6.07, 6.45) is 6.14. The molecule has 0 aromatic heterocycles. The molecule has 5 rings (SSSR count). The van der Waals surface area contributed by atoms with Crippen molar-refractivity contribution in [2.45, 2.75) is 44.6 Å². The van der Waals surface area contributed by atoms with E-state index < -0.39 is 29.3 Å². The summed E-state index contributed by atoms with van der Waals surface area (Å²) in [5.74, 6) is -3.73. The van der Waals surface area contributed by atoms with E-state index in [4.69, 9.17) is 9.47 Å². The van der Waals surface area contributed by atoms with Gasteiger partial charge in [-0.05, 0) is 73.4 Å². The summed E-state index contributed by atoms with van der Waals surface area (Å²) in [5, 5.41) is 0. The molecular formula is C30H27F3O3. The molecule has 186 valence electrons. The number of esters is 1. The highest BCUT2D eigenvalue weighted by Gasteiger charge is 2.31. The first kappa shape index (κ1) is 24.3. The van der Waals surface area contributed by atoms with E-state index in [9.17, 15) is 18.0 Å². The second-order valence-electron chi connectivity index (χ2n) is 9.43. The van der Waals surface area contributed by atoms with Crippen molar-refractivity contribution < 1.29 is 27.4 Å². The predicted octanol–water partition coefficient (Wildman–Crippen LogP) is 7.75. The molecule has 3 nitrogen and oxygen atoms in total. The Labute approximate surface area is 208 Å². The molecule has 1 aliphatic heterocycles. The van der Waals surface area contributed by atoms with E-state index in [-0.39, 0.29) is 23.4 Å². The van der Waals surface area contributed by atoms with E-state index in [1.807, 2.05) is 37.3 Å². The van der Waals surface area contributed by atoms with Crippen LogP contribution < -0.4 is 4.74 Å². The minimum atomic E-state index is -1.18. The number of carbonyl (C=O) groups excluding carboxylic acids is 1. The first-order valence-corrected chi connectivity index (χ1v) is 12.3. The van der Waals surface area contributed by atoms with E-state index in [1.165, 1.54) is 12.1 Å². The summed E-state index contributed by atoms with van der Waals surface area (Å²) in [6, 6.07) is 15.1. The Kier molecular flexibility index (Phi) is 6.97. The number of allylic oxidation sites excluding steroid dienone is 1. The highest BCUT2D eigenvalue weighted by Crippen LogP contribution is 2.39. The van der Waals surface area contributed by atoms with Gasteiger partial charge in [-0.1, -0.05) is 48.6 Å². The van der Waals surface area contributed by atoms with Crippen molar-refractivity contribution in [1.29, 1.82) is 0 Å². The first-order chi connectivity index (χ1) is 17.4. The van der Waals surface area contributed by atoms with Crippen LogP contribution in [0.3, 0.4) is 0 Å². The molecule has 2 aliphatic rings. The zero-order valence-corrected chi connectivity index (χ0v) is 20.0. The maximum atomic E-state index is 14.8. The van der Waals surface area contributed by atoms with Crippen molar-refractivity contribution >= 4 is 12.0 Å². The van der Waals surface area contributed by atoms with Crippen molar-refractivity contribution in [3.63, 3.8) is 0 Å². The molecular weight excluding hydrogens is 465 g/mol. The van der Waals surface area contributed by atoms with Crippen LogP contribution in [0, 0.1) is 23.4 Å². The molecule has 0 radical (unpaired) electrons. The highest BCUT2D eigenvalue weighted by atomic mass is 19.2. The molecule has 1 saturated heterocycles. The van der Waals surface area contributed by atoms with E-state index in [1.54, 1.807) is 24.3 Å². The van der Waals surface area contributed by atoms with Crippen LogP contribution in [0.15, 0.2) is 60.7 Å². The summed E-state index contributed by atoms with van der Waals surface area (Å²) in [7, 11) is 0. The SMILES string of the molecule is C/C=C/c1ccc(-c2ccc(OC(=O)C3CCC(c4ccc(C5CO5)c(F)c4)CC3)c(F)c2F)cc1. The zero-order chi connectivity index (χ0) is 25.2.